The van der Waals surface area contributed by atoms with Crippen molar-refractivity contribution in [2.24, 2.45) is 5.92 Å². The number of nitriles is 1. The van der Waals surface area contributed by atoms with Gasteiger partial charge >= 0.3 is 5.97 Å². The predicted octanol–water partition coefficient (Wildman–Crippen LogP) is 1.96. The number of hydrogen-bond donors (Lipinski definition) is 2. The van der Waals surface area contributed by atoms with E-state index in [0.29, 0.717) is 10.6 Å². The van der Waals surface area contributed by atoms with Crippen LogP contribution in [-0.4, -0.2) is 57.2 Å². The number of ether oxygens (including phenoxy) is 2. The zero-order valence-corrected chi connectivity index (χ0v) is 17.3. The number of nitrogens with one attached hydrogen (secondary N) is 1. The van der Waals surface area contributed by atoms with E-state index in [1.165, 1.54) is 7.11 Å². The molecule has 0 radical (unpaired) electrons. The number of carbonyl (C=O) groups is 2. The highest BCUT2D eigenvalue weighted by molar-refractivity contribution is 7.84. The van der Waals surface area contributed by atoms with E-state index in [-0.39, 0.29) is 10.6 Å². The van der Waals surface area contributed by atoms with Crippen LogP contribution in [-0.2, 0) is 19.1 Å². The van der Waals surface area contributed by atoms with Gasteiger partial charge in [0.1, 0.15) is 5.92 Å². The molecule has 0 aliphatic carbocycles. The van der Waals surface area contributed by atoms with Gasteiger partial charge in [-0.15, -0.1) is 12.6 Å². The van der Waals surface area contributed by atoms with Gasteiger partial charge in [-0.25, -0.2) is 0 Å². The Labute approximate surface area is 174 Å². The molecule has 7 nitrogen and oxygen atoms in total. The lowest BCUT2D eigenvalue weighted by Crippen LogP contribution is -2.43. The molecule has 1 fully saturated rings. The van der Waals surface area contributed by atoms with Crippen LogP contribution >= 0.6 is 24.2 Å². The number of amides is 1. The van der Waals surface area contributed by atoms with Gasteiger partial charge in [-0.1, -0.05) is 29.8 Å². The van der Waals surface area contributed by atoms with Crippen LogP contribution in [0.5, 0.6) is 0 Å². The van der Waals surface area contributed by atoms with Crippen molar-refractivity contribution in [3.8, 4) is 6.07 Å². The lowest BCUT2D eigenvalue weighted by Gasteiger charge is -2.30. The normalized spacial score (nSPS) is 22.5. The number of likely N-dealkylation sites (N-methyl/N-ethyl adjacent to an activating group) is 1. The molecular weight excluding hydrogens is 402 g/mol. The Balaban J connectivity index is 0.000000336. The lowest BCUT2D eigenvalue weighted by atomic mass is 9.78. The third-order valence-corrected chi connectivity index (χ3v) is 5.17. The standard InChI is InChI=1S/C14H11ClN2O3S.C5H11NO/c1-20-14(19)11-10(7-4-2-3-5-9(7)15)8(6-16)13(21)17-12(11)18;1-6-2-4-7-5-3-6/h2-5,10-11,21H,1H3,(H,17,18);2-5H2,1H3. The summed E-state index contributed by atoms with van der Waals surface area (Å²) in [5.41, 5.74) is 0.675. The number of morpholine rings is 1. The number of methoxy groups -OCH3 is 1. The second kappa shape index (κ2) is 10.5. The molecule has 0 aromatic heterocycles. The first-order valence-electron chi connectivity index (χ1n) is 8.63. The summed E-state index contributed by atoms with van der Waals surface area (Å²) in [5, 5.41) is 12.2. The fourth-order valence-electron chi connectivity index (χ4n) is 2.94. The molecular formula is C19H22ClN3O4S. The topological polar surface area (TPSA) is 91.7 Å². The molecule has 0 saturated carbocycles. The number of carbonyl (C=O) groups excluding carboxylic acids is 2. The molecule has 1 aromatic carbocycles. The predicted molar refractivity (Wildman–Crippen MR) is 108 cm³/mol. The highest BCUT2D eigenvalue weighted by atomic mass is 35.5. The highest BCUT2D eigenvalue weighted by Crippen LogP contribution is 2.40. The molecule has 3 rings (SSSR count). The largest absolute Gasteiger partial charge is 0.468 e. The fraction of sp³-hybridized carbons (Fsp3) is 0.421. The Morgan fingerprint density at radius 3 is 2.54 bits per heavy atom. The summed E-state index contributed by atoms with van der Waals surface area (Å²) in [4.78, 5) is 26.3. The van der Waals surface area contributed by atoms with Gasteiger partial charge in [0.25, 0.3) is 0 Å². The van der Waals surface area contributed by atoms with Crippen LogP contribution in [0.4, 0.5) is 0 Å². The van der Waals surface area contributed by atoms with Gasteiger partial charge in [0, 0.05) is 24.0 Å². The second-order valence-electron chi connectivity index (χ2n) is 6.28. The zero-order chi connectivity index (χ0) is 20.7. The Morgan fingerprint density at radius 2 is 2.04 bits per heavy atom. The lowest BCUT2D eigenvalue weighted by molar-refractivity contribution is -0.150. The smallest absolute Gasteiger partial charge is 0.319 e. The van der Waals surface area contributed by atoms with Crippen molar-refractivity contribution in [3.63, 3.8) is 0 Å². The summed E-state index contributed by atoms with van der Waals surface area (Å²) in [6.45, 7) is 4.02. The zero-order valence-electron chi connectivity index (χ0n) is 15.6. The van der Waals surface area contributed by atoms with Gasteiger partial charge in [0.2, 0.25) is 5.91 Å². The molecule has 1 aromatic rings. The Hall–Kier alpha value is -2.05. The maximum Gasteiger partial charge on any atom is 0.319 e. The number of benzene rings is 1. The van der Waals surface area contributed by atoms with E-state index in [4.69, 9.17) is 16.3 Å². The van der Waals surface area contributed by atoms with Crippen LogP contribution in [0.15, 0.2) is 34.9 Å². The number of thiol groups is 1. The number of nitrogens with zero attached hydrogens (tertiary/aromatic N) is 2. The first-order valence-corrected chi connectivity index (χ1v) is 9.45. The number of halogens is 1. The van der Waals surface area contributed by atoms with Crippen molar-refractivity contribution >= 4 is 36.1 Å². The molecule has 1 N–H and O–H groups in total. The average Bonchev–Trinajstić information content (AvgIpc) is 2.68. The fourth-order valence-corrected chi connectivity index (χ4v) is 3.49. The van der Waals surface area contributed by atoms with Crippen LogP contribution in [0.2, 0.25) is 5.02 Å². The third-order valence-electron chi connectivity index (χ3n) is 4.47. The number of allylic oxidation sites excluding steroid dienone is 1. The maximum atomic E-state index is 12.1. The quantitative estimate of drug-likeness (QED) is 0.429. The monoisotopic (exact) mass is 423 g/mol. The molecule has 1 saturated heterocycles. The van der Waals surface area contributed by atoms with Crippen LogP contribution in [0.3, 0.4) is 0 Å². The Bertz CT molecular complexity index is 803. The van der Waals surface area contributed by atoms with E-state index < -0.39 is 23.7 Å². The van der Waals surface area contributed by atoms with Gasteiger partial charge in [-0.2, -0.15) is 5.26 Å². The molecule has 0 bridgehead atoms. The number of hydrogen-bond acceptors (Lipinski definition) is 7. The third kappa shape index (κ3) is 5.26. The molecule has 28 heavy (non-hydrogen) atoms. The summed E-state index contributed by atoms with van der Waals surface area (Å²) in [6, 6.07) is 8.72. The number of rotatable bonds is 2. The summed E-state index contributed by atoms with van der Waals surface area (Å²) < 4.78 is 9.78. The molecule has 2 heterocycles. The van der Waals surface area contributed by atoms with Gasteiger partial charge < -0.3 is 19.7 Å². The summed E-state index contributed by atoms with van der Waals surface area (Å²) in [5.74, 6) is -3.31. The van der Waals surface area contributed by atoms with Crippen molar-refractivity contribution < 1.29 is 19.1 Å². The van der Waals surface area contributed by atoms with E-state index in [9.17, 15) is 14.9 Å². The van der Waals surface area contributed by atoms with E-state index in [2.05, 4.69) is 34.6 Å². The van der Waals surface area contributed by atoms with Crippen molar-refractivity contribution in [1.29, 1.82) is 5.26 Å². The van der Waals surface area contributed by atoms with Crippen molar-refractivity contribution in [3.05, 3.63) is 45.5 Å². The molecule has 2 unspecified atom stereocenters. The maximum absolute atomic E-state index is 12.1. The summed E-state index contributed by atoms with van der Waals surface area (Å²) in [7, 11) is 3.30. The molecule has 2 aliphatic heterocycles. The van der Waals surface area contributed by atoms with Gasteiger partial charge in [-0.05, 0) is 18.7 Å². The minimum atomic E-state index is -1.18. The van der Waals surface area contributed by atoms with Crippen molar-refractivity contribution in [1.82, 2.24) is 10.2 Å². The molecule has 0 spiro atoms. The average molecular weight is 424 g/mol. The van der Waals surface area contributed by atoms with Crippen LogP contribution in [0.1, 0.15) is 11.5 Å². The minimum Gasteiger partial charge on any atom is -0.468 e. The molecule has 2 atom stereocenters. The van der Waals surface area contributed by atoms with Crippen LogP contribution < -0.4 is 5.32 Å². The van der Waals surface area contributed by atoms with Crippen molar-refractivity contribution in [2.75, 3.05) is 40.5 Å². The summed E-state index contributed by atoms with van der Waals surface area (Å²) in [6.07, 6.45) is 0. The van der Waals surface area contributed by atoms with Gasteiger partial charge in [-0.3, -0.25) is 9.59 Å². The molecule has 2 aliphatic rings. The van der Waals surface area contributed by atoms with Gasteiger partial charge in [0.15, 0.2) is 0 Å². The van der Waals surface area contributed by atoms with E-state index >= 15 is 0 Å². The van der Waals surface area contributed by atoms with Gasteiger partial charge in [0.05, 0.1) is 37.0 Å². The molecule has 1 amide bonds. The Kier molecular flexibility index (Phi) is 8.33. The Morgan fingerprint density at radius 1 is 1.39 bits per heavy atom. The SMILES string of the molecule is CN1CCOCC1.COC(=O)C1C(=O)NC(S)=C(C#N)C1c1ccccc1Cl. The first-order chi connectivity index (χ1) is 13.4. The van der Waals surface area contributed by atoms with E-state index in [1.54, 1.807) is 24.3 Å². The molecule has 9 heteroatoms. The van der Waals surface area contributed by atoms with Crippen LogP contribution in [0.25, 0.3) is 0 Å². The highest BCUT2D eigenvalue weighted by Gasteiger charge is 2.44. The van der Waals surface area contributed by atoms with Crippen molar-refractivity contribution in [2.45, 2.75) is 5.92 Å². The first kappa shape index (κ1) is 22.2. The van der Waals surface area contributed by atoms with E-state index in [0.717, 1.165) is 26.3 Å². The minimum absolute atomic E-state index is 0.118. The van der Waals surface area contributed by atoms with Crippen LogP contribution in [0, 0.1) is 17.2 Å². The number of esters is 1. The molecule has 150 valence electrons. The second-order valence-corrected chi connectivity index (χ2v) is 7.13. The summed E-state index contributed by atoms with van der Waals surface area (Å²) >= 11 is 10.3. The van der Waals surface area contributed by atoms with E-state index in [1.807, 2.05) is 6.07 Å².